The fourth-order valence-electron chi connectivity index (χ4n) is 3.86. The summed E-state index contributed by atoms with van der Waals surface area (Å²) in [6.07, 6.45) is 2.42. The molecule has 0 amide bonds. The molecule has 0 atom stereocenters. The summed E-state index contributed by atoms with van der Waals surface area (Å²) in [5.41, 5.74) is 9.09. The molecule has 0 spiro atoms. The van der Waals surface area contributed by atoms with Crippen LogP contribution in [0.2, 0.25) is 0 Å². The molecular weight excluding hydrogens is 326 g/mol. The van der Waals surface area contributed by atoms with E-state index >= 15 is 0 Å². The average molecular weight is 347 g/mol. The van der Waals surface area contributed by atoms with Crippen LogP contribution in [0.1, 0.15) is 11.1 Å². The highest BCUT2D eigenvalue weighted by molar-refractivity contribution is 5.88. The van der Waals surface area contributed by atoms with E-state index in [-0.39, 0.29) is 0 Å². The molecule has 1 heteroatoms. The van der Waals surface area contributed by atoms with Gasteiger partial charge in [0.15, 0.2) is 0 Å². The van der Waals surface area contributed by atoms with Crippen LogP contribution in [-0.4, -0.2) is 0 Å². The van der Waals surface area contributed by atoms with Gasteiger partial charge in [0.1, 0.15) is 0 Å². The van der Waals surface area contributed by atoms with Crippen LogP contribution in [0.15, 0.2) is 103 Å². The minimum absolute atomic E-state index is 1.17. The van der Waals surface area contributed by atoms with Gasteiger partial charge in [-0.1, -0.05) is 72.8 Å². The molecule has 27 heavy (non-hydrogen) atoms. The molecule has 0 heterocycles. The van der Waals surface area contributed by atoms with E-state index in [0.29, 0.717) is 0 Å². The minimum atomic E-state index is 1.17. The summed E-state index contributed by atoms with van der Waals surface area (Å²) in [7, 11) is 0. The van der Waals surface area contributed by atoms with Crippen molar-refractivity contribution >= 4 is 17.1 Å². The van der Waals surface area contributed by atoms with Gasteiger partial charge in [0.05, 0.1) is 5.69 Å². The van der Waals surface area contributed by atoms with Gasteiger partial charge in [0.25, 0.3) is 0 Å². The highest BCUT2D eigenvalue weighted by atomic mass is 15.1. The van der Waals surface area contributed by atoms with Crippen molar-refractivity contribution in [3.05, 3.63) is 114 Å². The van der Waals surface area contributed by atoms with Gasteiger partial charge in [-0.25, -0.2) is 0 Å². The number of hydrogen-bond acceptors (Lipinski definition) is 1. The molecule has 1 aliphatic carbocycles. The maximum Gasteiger partial charge on any atom is 0.0540 e. The molecule has 0 bridgehead atoms. The van der Waals surface area contributed by atoms with Crippen LogP contribution in [0.3, 0.4) is 0 Å². The summed E-state index contributed by atoms with van der Waals surface area (Å²) in [6, 6.07) is 36.8. The van der Waals surface area contributed by atoms with Gasteiger partial charge in [-0.15, -0.1) is 0 Å². The number of hydrogen-bond donors (Lipinski definition) is 0. The van der Waals surface area contributed by atoms with Crippen molar-refractivity contribution in [1.82, 2.24) is 0 Å². The Morgan fingerprint density at radius 3 is 1.70 bits per heavy atom. The molecule has 0 aromatic heterocycles. The fourth-order valence-corrected chi connectivity index (χ4v) is 3.86. The number of fused-ring (bicyclic) bond motifs is 1. The van der Waals surface area contributed by atoms with E-state index in [4.69, 9.17) is 0 Å². The van der Waals surface area contributed by atoms with Gasteiger partial charge in [-0.3, -0.25) is 0 Å². The van der Waals surface area contributed by atoms with Gasteiger partial charge in [0.2, 0.25) is 0 Å². The number of nitrogens with zero attached hydrogens (tertiary/aromatic N) is 1. The molecular formula is C26H21N. The van der Waals surface area contributed by atoms with Crippen LogP contribution in [-0.2, 0) is 12.8 Å². The van der Waals surface area contributed by atoms with E-state index in [0.717, 1.165) is 0 Å². The largest absolute Gasteiger partial charge is 0.310 e. The molecule has 0 radical (unpaired) electrons. The third-order valence-electron chi connectivity index (χ3n) is 5.35. The van der Waals surface area contributed by atoms with Crippen molar-refractivity contribution in [2.75, 3.05) is 4.90 Å². The van der Waals surface area contributed by atoms with Crippen molar-refractivity contribution in [2.24, 2.45) is 0 Å². The first-order valence-electron chi connectivity index (χ1n) is 9.51. The molecule has 0 unspecified atom stereocenters. The Labute approximate surface area is 160 Å². The summed E-state index contributed by atoms with van der Waals surface area (Å²) < 4.78 is 0. The van der Waals surface area contributed by atoms with Crippen molar-refractivity contribution in [2.45, 2.75) is 12.8 Å². The molecule has 5 rings (SSSR count). The highest BCUT2D eigenvalue weighted by Gasteiger charge is 2.18. The Morgan fingerprint density at radius 2 is 1.11 bits per heavy atom. The Kier molecular flexibility index (Phi) is 3.99. The second-order valence-corrected chi connectivity index (χ2v) is 7.01. The van der Waals surface area contributed by atoms with Crippen molar-refractivity contribution in [3.63, 3.8) is 0 Å². The molecule has 4 aromatic carbocycles. The molecule has 1 nitrogen and oxygen atoms in total. The predicted molar refractivity (Wildman–Crippen MR) is 114 cm³/mol. The van der Waals surface area contributed by atoms with E-state index in [1.807, 2.05) is 0 Å². The molecule has 0 saturated heterocycles. The molecule has 4 aromatic rings. The maximum absolute atomic E-state index is 2.37. The van der Waals surface area contributed by atoms with E-state index in [1.54, 1.807) is 0 Å². The number of rotatable bonds is 4. The standard InChI is InChI=1S/C26H21N/c1-3-9-23(10-4-1)27(24-11-5-2-6-12-24)26-14-8-7-13-25(26)22-18-16-20-15-17-21(20)19-22/h1-14,16,18-19H,15,17H2. The quantitative estimate of drug-likeness (QED) is 0.387. The summed E-state index contributed by atoms with van der Waals surface area (Å²) in [5.74, 6) is 0. The van der Waals surface area contributed by atoms with Crippen LogP contribution < -0.4 is 4.90 Å². The molecule has 0 N–H and O–H groups in total. The molecule has 0 aliphatic heterocycles. The Hall–Kier alpha value is -3.32. The van der Waals surface area contributed by atoms with Crippen molar-refractivity contribution < 1.29 is 0 Å². The molecule has 0 fully saturated rings. The van der Waals surface area contributed by atoms with Crippen molar-refractivity contribution in [3.8, 4) is 11.1 Å². The maximum atomic E-state index is 2.37. The normalized spacial score (nSPS) is 12.1. The van der Waals surface area contributed by atoms with Gasteiger partial charge < -0.3 is 4.90 Å². The first-order valence-corrected chi connectivity index (χ1v) is 9.51. The zero-order chi connectivity index (χ0) is 18.1. The number of anilines is 3. The Bertz CT molecular complexity index is 1030. The summed E-state index contributed by atoms with van der Waals surface area (Å²) in [4.78, 5) is 2.34. The highest BCUT2D eigenvalue weighted by Crippen LogP contribution is 2.41. The summed E-state index contributed by atoms with van der Waals surface area (Å²) in [6.45, 7) is 0. The second-order valence-electron chi connectivity index (χ2n) is 7.01. The third-order valence-corrected chi connectivity index (χ3v) is 5.35. The van der Waals surface area contributed by atoms with Crippen LogP contribution in [0.4, 0.5) is 17.1 Å². The van der Waals surface area contributed by atoms with Crippen LogP contribution >= 0.6 is 0 Å². The van der Waals surface area contributed by atoms with Gasteiger partial charge >= 0.3 is 0 Å². The summed E-state index contributed by atoms with van der Waals surface area (Å²) in [5, 5.41) is 0. The van der Waals surface area contributed by atoms with E-state index < -0.39 is 0 Å². The monoisotopic (exact) mass is 347 g/mol. The van der Waals surface area contributed by atoms with Crippen LogP contribution in [0, 0.1) is 0 Å². The second kappa shape index (κ2) is 6.77. The van der Waals surface area contributed by atoms with E-state index in [2.05, 4.69) is 108 Å². The molecule has 130 valence electrons. The van der Waals surface area contributed by atoms with Gasteiger partial charge in [-0.2, -0.15) is 0 Å². The Morgan fingerprint density at radius 1 is 0.519 bits per heavy atom. The molecule has 1 aliphatic rings. The topological polar surface area (TPSA) is 3.24 Å². The SMILES string of the molecule is c1ccc(N(c2ccccc2)c2ccccc2-c2ccc3c(c2)CC3)cc1. The predicted octanol–water partition coefficient (Wildman–Crippen LogP) is 6.92. The first-order chi connectivity index (χ1) is 13.4. The summed E-state index contributed by atoms with van der Waals surface area (Å²) >= 11 is 0. The first kappa shape index (κ1) is 15.9. The Balaban J connectivity index is 1.70. The fraction of sp³-hybridized carbons (Fsp3) is 0.0769. The zero-order valence-electron chi connectivity index (χ0n) is 15.2. The number of benzene rings is 4. The number of aryl methyl sites for hydroxylation is 2. The minimum Gasteiger partial charge on any atom is -0.310 e. The third kappa shape index (κ3) is 2.92. The lowest BCUT2D eigenvalue weighted by Gasteiger charge is -2.28. The zero-order valence-corrected chi connectivity index (χ0v) is 15.2. The van der Waals surface area contributed by atoms with Crippen LogP contribution in [0.5, 0.6) is 0 Å². The lowest BCUT2D eigenvalue weighted by atomic mass is 9.86. The smallest absolute Gasteiger partial charge is 0.0540 e. The average Bonchev–Trinajstić information content (AvgIpc) is 2.71. The van der Waals surface area contributed by atoms with Crippen molar-refractivity contribution in [1.29, 1.82) is 0 Å². The van der Waals surface area contributed by atoms with Gasteiger partial charge in [-0.05, 0) is 59.9 Å². The van der Waals surface area contributed by atoms with E-state index in [9.17, 15) is 0 Å². The van der Waals surface area contributed by atoms with Crippen LogP contribution in [0.25, 0.3) is 11.1 Å². The lowest BCUT2D eigenvalue weighted by molar-refractivity contribution is 0.840. The molecule has 0 saturated carbocycles. The van der Waals surface area contributed by atoms with E-state index in [1.165, 1.54) is 52.2 Å². The van der Waals surface area contributed by atoms with Gasteiger partial charge in [0, 0.05) is 16.9 Å². The number of para-hydroxylation sites is 3. The lowest BCUT2D eigenvalue weighted by Crippen LogP contribution is -2.11.